The zero-order valence-corrected chi connectivity index (χ0v) is 11.5. The third-order valence-electron chi connectivity index (χ3n) is 3.10. The van der Waals surface area contributed by atoms with Crippen LogP contribution >= 0.6 is 0 Å². The minimum Gasteiger partial charge on any atom is -0.493 e. The Kier molecular flexibility index (Phi) is 2.98. The highest BCUT2D eigenvalue weighted by molar-refractivity contribution is 5.64. The summed E-state index contributed by atoms with van der Waals surface area (Å²) in [4.78, 5) is 0. The lowest BCUT2D eigenvalue weighted by Crippen LogP contribution is -1.97. The maximum Gasteiger partial charge on any atom is 0.177 e. The first-order valence-corrected chi connectivity index (χ1v) is 6.14. The quantitative estimate of drug-likeness (QED) is 0.729. The minimum absolute atomic E-state index is 0.673. The van der Waals surface area contributed by atoms with E-state index in [9.17, 15) is 0 Å². The van der Waals surface area contributed by atoms with E-state index in [1.54, 1.807) is 18.7 Å². The van der Waals surface area contributed by atoms with Crippen LogP contribution in [0.5, 0.6) is 11.5 Å². The highest BCUT2D eigenvalue weighted by Gasteiger charge is 2.09. The molecule has 1 aromatic carbocycles. The summed E-state index contributed by atoms with van der Waals surface area (Å²) in [5.74, 6) is 2.12. The first-order valence-electron chi connectivity index (χ1n) is 6.14. The molecule has 102 valence electrons. The van der Waals surface area contributed by atoms with E-state index in [0.29, 0.717) is 11.5 Å². The predicted molar refractivity (Wildman–Crippen MR) is 74.1 cm³/mol. The number of benzene rings is 1. The molecule has 20 heavy (non-hydrogen) atoms. The third-order valence-corrected chi connectivity index (χ3v) is 3.10. The van der Waals surface area contributed by atoms with Crippen molar-refractivity contribution in [3.05, 3.63) is 36.2 Å². The Morgan fingerprint density at radius 1 is 0.950 bits per heavy atom. The van der Waals surface area contributed by atoms with E-state index < -0.39 is 0 Å². The lowest BCUT2D eigenvalue weighted by molar-refractivity contribution is 0.355. The summed E-state index contributed by atoms with van der Waals surface area (Å²) >= 11 is 0. The number of hydrogen-bond acceptors (Lipinski definition) is 5. The molecule has 0 aliphatic carbocycles. The van der Waals surface area contributed by atoms with Crippen molar-refractivity contribution in [1.29, 1.82) is 0 Å². The second kappa shape index (κ2) is 4.80. The van der Waals surface area contributed by atoms with Crippen molar-refractivity contribution in [2.75, 3.05) is 14.2 Å². The summed E-state index contributed by atoms with van der Waals surface area (Å²) in [6, 6.07) is 9.49. The van der Waals surface area contributed by atoms with Gasteiger partial charge in [0.2, 0.25) is 0 Å². The molecule has 2 aromatic heterocycles. The Balaban J connectivity index is 2.12. The van der Waals surface area contributed by atoms with E-state index in [1.165, 1.54) is 0 Å². The van der Waals surface area contributed by atoms with E-state index in [0.717, 1.165) is 22.7 Å². The highest BCUT2D eigenvalue weighted by atomic mass is 16.5. The maximum atomic E-state index is 5.31. The number of methoxy groups -OCH3 is 2. The van der Waals surface area contributed by atoms with Crippen LogP contribution in [0.3, 0.4) is 0 Å². The molecule has 3 aromatic rings. The molecular formula is C14H14N4O2. The van der Waals surface area contributed by atoms with Crippen LogP contribution < -0.4 is 9.47 Å². The Morgan fingerprint density at radius 3 is 2.50 bits per heavy atom. The monoisotopic (exact) mass is 270 g/mol. The lowest BCUT2D eigenvalue weighted by atomic mass is 10.1. The number of ether oxygens (including phenoxy) is 2. The topological polar surface area (TPSA) is 61.5 Å². The zero-order chi connectivity index (χ0) is 14.1. The van der Waals surface area contributed by atoms with Gasteiger partial charge in [-0.2, -0.15) is 9.61 Å². The standard InChI is InChI=1S/C14H14N4O2/c1-9-15-16-14-7-5-11(17-18(9)14)10-4-6-12(19-2)13(8-10)20-3/h4-8H,1-3H3. The van der Waals surface area contributed by atoms with Gasteiger partial charge in [0.25, 0.3) is 0 Å². The summed E-state index contributed by atoms with van der Waals surface area (Å²) in [6.45, 7) is 1.87. The third kappa shape index (κ3) is 1.95. The molecule has 0 saturated heterocycles. The lowest BCUT2D eigenvalue weighted by Gasteiger charge is -2.09. The SMILES string of the molecule is COc1ccc(-c2ccc3nnc(C)n3n2)cc1OC. The molecule has 0 aliphatic heterocycles. The number of rotatable bonds is 3. The molecular weight excluding hydrogens is 256 g/mol. The molecule has 6 heteroatoms. The molecule has 0 atom stereocenters. The van der Waals surface area contributed by atoms with Crippen LogP contribution in [0, 0.1) is 6.92 Å². The van der Waals surface area contributed by atoms with Gasteiger partial charge < -0.3 is 9.47 Å². The molecule has 0 unspecified atom stereocenters. The minimum atomic E-state index is 0.673. The van der Waals surface area contributed by atoms with Gasteiger partial charge in [-0.25, -0.2) is 0 Å². The molecule has 0 amide bonds. The van der Waals surface area contributed by atoms with Gasteiger partial charge >= 0.3 is 0 Å². The molecule has 0 bridgehead atoms. The van der Waals surface area contributed by atoms with Crippen molar-refractivity contribution in [3.63, 3.8) is 0 Å². The van der Waals surface area contributed by atoms with Crippen LogP contribution in [0.15, 0.2) is 30.3 Å². The van der Waals surface area contributed by atoms with Gasteiger partial charge in [-0.05, 0) is 37.3 Å². The fourth-order valence-electron chi connectivity index (χ4n) is 2.05. The number of hydrogen-bond donors (Lipinski definition) is 0. The van der Waals surface area contributed by atoms with Crippen molar-refractivity contribution in [1.82, 2.24) is 19.8 Å². The summed E-state index contributed by atoms with van der Waals surface area (Å²) in [6.07, 6.45) is 0. The molecule has 3 rings (SSSR count). The van der Waals surface area contributed by atoms with Gasteiger partial charge in [-0.3, -0.25) is 0 Å². The normalized spacial score (nSPS) is 10.8. The molecule has 0 spiro atoms. The number of fused-ring (bicyclic) bond motifs is 1. The Morgan fingerprint density at radius 2 is 1.75 bits per heavy atom. The number of aryl methyl sites for hydroxylation is 1. The fourth-order valence-corrected chi connectivity index (χ4v) is 2.05. The fraction of sp³-hybridized carbons (Fsp3) is 0.214. The van der Waals surface area contributed by atoms with Crippen molar-refractivity contribution in [2.24, 2.45) is 0 Å². The van der Waals surface area contributed by atoms with Crippen molar-refractivity contribution in [3.8, 4) is 22.8 Å². The van der Waals surface area contributed by atoms with Crippen molar-refractivity contribution in [2.45, 2.75) is 6.92 Å². The molecule has 0 radical (unpaired) electrons. The highest BCUT2D eigenvalue weighted by Crippen LogP contribution is 2.31. The maximum absolute atomic E-state index is 5.31. The van der Waals surface area contributed by atoms with Crippen LogP contribution in [0.2, 0.25) is 0 Å². The van der Waals surface area contributed by atoms with Gasteiger partial charge in [0.1, 0.15) is 0 Å². The van der Waals surface area contributed by atoms with Gasteiger partial charge in [0, 0.05) is 5.56 Å². The van der Waals surface area contributed by atoms with Crippen molar-refractivity contribution >= 4 is 5.65 Å². The zero-order valence-electron chi connectivity index (χ0n) is 11.5. The van der Waals surface area contributed by atoms with Crippen molar-refractivity contribution < 1.29 is 9.47 Å². The Hall–Kier alpha value is -2.63. The van der Waals surface area contributed by atoms with Gasteiger partial charge in [0.05, 0.1) is 19.9 Å². The van der Waals surface area contributed by atoms with Crippen LogP contribution in [-0.4, -0.2) is 34.0 Å². The van der Waals surface area contributed by atoms with E-state index in [2.05, 4.69) is 15.3 Å². The van der Waals surface area contributed by atoms with Crippen LogP contribution in [-0.2, 0) is 0 Å². The van der Waals surface area contributed by atoms with E-state index in [4.69, 9.17) is 9.47 Å². The number of nitrogens with zero attached hydrogens (tertiary/aromatic N) is 4. The molecule has 0 saturated carbocycles. The first kappa shape index (κ1) is 12.4. The Bertz CT molecular complexity index is 767. The van der Waals surface area contributed by atoms with Crippen LogP contribution in [0.25, 0.3) is 16.9 Å². The van der Waals surface area contributed by atoms with Crippen LogP contribution in [0.1, 0.15) is 5.82 Å². The average molecular weight is 270 g/mol. The second-order valence-electron chi connectivity index (χ2n) is 4.31. The summed E-state index contributed by atoms with van der Waals surface area (Å²) in [5.41, 5.74) is 2.49. The summed E-state index contributed by atoms with van der Waals surface area (Å²) < 4.78 is 12.3. The average Bonchev–Trinajstić information content (AvgIpc) is 2.87. The number of aromatic nitrogens is 4. The predicted octanol–water partition coefficient (Wildman–Crippen LogP) is 2.12. The van der Waals surface area contributed by atoms with E-state index in [-0.39, 0.29) is 0 Å². The molecule has 0 aliphatic rings. The molecule has 0 N–H and O–H groups in total. The second-order valence-corrected chi connectivity index (χ2v) is 4.31. The molecule has 0 fully saturated rings. The smallest absolute Gasteiger partial charge is 0.177 e. The largest absolute Gasteiger partial charge is 0.493 e. The summed E-state index contributed by atoms with van der Waals surface area (Å²) in [7, 11) is 3.23. The van der Waals surface area contributed by atoms with E-state index in [1.807, 2.05) is 37.3 Å². The summed E-state index contributed by atoms with van der Waals surface area (Å²) in [5, 5.41) is 12.5. The van der Waals surface area contributed by atoms with E-state index >= 15 is 0 Å². The van der Waals surface area contributed by atoms with Gasteiger partial charge in [0.15, 0.2) is 23.0 Å². The molecule has 6 nitrogen and oxygen atoms in total. The molecule has 2 heterocycles. The van der Waals surface area contributed by atoms with Crippen LogP contribution in [0.4, 0.5) is 0 Å². The van der Waals surface area contributed by atoms with Gasteiger partial charge in [-0.15, -0.1) is 10.2 Å². The van der Waals surface area contributed by atoms with Gasteiger partial charge in [-0.1, -0.05) is 0 Å². The Labute approximate surface area is 116 Å². The first-order chi connectivity index (χ1) is 9.72.